The highest BCUT2D eigenvalue weighted by atomic mass is 16.2. The number of carbonyl (C=O) groups is 2. The lowest BCUT2D eigenvalue weighted by molar-refractivity contribution is 0.243. The Bertz CT molecular complexity index is 723. The van der Waals surface area contributed by atoms with E-state index in [2.05, 4.69) is 4.98 Å². The molecule has 0 fully saturated rings. The summed E-state index contributed by atoms with van der Waals surface area (Å²) in [7, 11) is 1.50. The summed E-state index contributed by atoms with van der Waals surface area (Å²) in [4.78, 5) is 38.8. The number of hydrogen-bond acceptors (Lipinski definition) is 4. The van der Waals surface area contributed by atoms with Crippen LogP contribution in [-0.2, 0) is 7.05 Å². The van der Waals surface area contributed by atoms with Crippen LogP contribution in [0.1, 0.15) is 0 Å². The van der Waals surface area contributed by atoms with Crippen LogP contribution < -0.4 is 21.9 Å². The van der Waals surface area contributed by atoms with E-state index >= 15 is 0 Å². The molecule has 0 aliphatic carbocycles. The Morgan fingerprint density at radius 2 is 1.79 bits per heavy atom. The number of hydrogen-bond donors (Lipinski definition) is 2. The predicted octanol–water partition coefficient (Wildman–Crippen LogP) is -0.103. The number of primary amides is 2. The summed E-state index contributed by atoms with van der Waals surface area (Å²) in [6.07, 6.45) is 0. The van der Waals surface area contributed by atoms with E-state index in [0.29, 0.717) is 15.9 Å². The molecule has 1 aromatic carbocycles. The first kappa shape index (κ1) is 12.6. The van der Waals surface area contributed by atoms with Gasteiger partial charge in [0.1, 0.15) is 0 Å². The molecular formula is C11H11N5O3. The molecule has 0 saturated heterocycles. The van der Waals surface area contributed by atoms with E-state index in [4.69, 9.17) is 11.5 Å². The van der Waals surface area contributed by atoms with E-state index in [1.165, 1.54) is 11.6 Å². The lowest BCUT2D eigenvalue weighted by atomic mass is 10.3. The number of nitrogens with two attached hydrogens (primary N) is 2. The summed E-state index contributed by atoms with van der Waals surface area (Å²) >= 11 is 0. The minimum absolute atomic E-state index is 0.342. The number of benzene rings is 1. The Labute approximate surface area is 107 Å². The van der Waals surface area contributed by atoms with E-state index in [-0.39, 0.29) is 0 Å². The average Bonchev–Trinajstić information content (AvgIpc) is 2.34. The molecule has 0 aliphatic rings. The van der Waals surface area contributed by atoms with E-state index in [9.17, 15) is 14.4 Å². The zero-order valence-electron chi connectivity index (χ0n) is 10.0. The highest BCUT2D eigenvalue weighted by molar-refractivity contribution is 6.11. The van der Waals surface area contributed by atoms with Crippen molar-refractivity contribution in [2.24, 2.45) is 18.5 Å². The number of carbonyl (C=O) groups excluding carboxylic acids is 2. The van der Waals surface area contributed by atoms with E-state index in [0.717, 1.165) is 0 Å². The van der Waals surface area contributed by atoms with Crippen molar-refractivity contribution in [2.45, 2.75) is 0 Å². The van der Waals surface area contributed by atoms with Gasteiger partial charge in [0.15, 0.2) is 0 Å². The summed E-state index contributed by atoms with van der Waals surface area (Å²) < 4.78 is 1.26. The Morgan fingerprint density at radius 1 is 1.21 bits per heavy atom. The van der Waals surface area contributed by atoms with E-state index in [1.807, 2.05) is 0 Å². The number of amides is 4. The van der Waals surface area contributed by atoms with Gasteiger partial charge in [0.2, 0.25) is 5.82 Å². The van der Waals surface area contributed by atoms with Gasteiger partial charge in [-0.1, -0.05) is 12.1 Å². The number of urea groups is 2. The molecule has 0 bridgehead atoms. The van der Waals surface area contributed by atoms with Crippen molar-refractivity contribution in [1.29, 1.82) is 0 Å². The molecule has 1 aromatic heterocycles. The smallest absolute Gasteiger partial charge is 0.329 e. The van der Waals surface area contributed by atoms with Gasteiger partial charge in [-0.25, -0.2) is 14.6 Å². The van der Waals surface area contributed by atoms with Crippen LogP contribution in [0, 0.1) is 0 Å². The van der Waals surface area contributed by atoms with Crippen LogP contribution >= 0.6 is 0 Å². The number of nitrogens with zero attached hydrogens (tertiary/aromatic N) is 3. The van der Waals surface area contributed by atoms with Crippen LogP contribution in [0.3, 0.4) is 0 Å². The summed E-state index contributed by atoms with van der Waals surface area (Å²) in [5, 5.41) is 0. The maximum absolute atomic E-state index is 12.1. The topological polar surface area (TPSA) is 124 Å². The molecule has 0 atom stereocenters. The third-order valence-corrected chi connectivity index (χ3v) is 2.62. The summed E-state index contributed by atoms with van der Waals surface area (Å²) in [6, 6.07) is 4.45. The lowest BCUT2D eigenvalue weighted by Gasteiger charge is -2.15. The number of fused-ring (bicyclic) bond motifs is 1. The molecule has 8 nitrogen and oxygen atoms in total. The summed E-state index contributed by atoms with van der Waals surface area (Å²) in [5.41, 5.74) is 10.4. The molecule has 4 N–H and O–H groups in total. The molecule has 98 valence electrons. The Kier molecular flexibility index (Phi) is 2.91. The summed E-state index contributed by atoms with van der Waals surface area (Å²) in [5.74, 6) is -0.416. The molecule has 0 aliphatic heterocycles. The molecular weight excluding hydrogens is 250 g/mol. The number of imide groups is 1. The van der Waals surface area contributed by atoms with Gasteiger partial charge in [-0.3, -0.25) is 4.79 Å². The molecule has 0 unspecified atom stereocenters. The van der Waals surface area contributed by atoms with Crippen LogP contribution in [0.25, 0.3) is 11.0 Å². The fourth-order valence-corrected chi connectivity index (χ4v) is 1.73. The molecule has 4 amide bonds. The normalized spacial score (nSPS) is 10.4. The van der Waals surface area contributed by atoms with Crippen molar-refractivity contribution in [3.05, 3.63) is 34.6 Å². The van der Waals surface area contributed by atoms with Crippen LogP contribution in [-0.4, -0.2) is 21.6 Å². The molecule has 2 aromatic rings. The number of anilines is 1. The quantitative estimate of drug-likeness (QED) is 0.743. The highest BCUT2D eigenvalue weighted by Crippen LogP contribution is 2.13. The Balaban J connectivity index is 2.81. The van der Waals surface area contributed by atoms with Crippen molar-refractivity contribution >= 4 is 28.9 Å². The van der Waals surface area contributed by atoms with Gasteiger partial charge in [0.05, 0.1) is 11.0 Å². The van der Waals surface area contributed by atoms with Crippen molar-refractivity contribution in [2.75, 3.05) is 4.90 Å². The van der Waals surface area contributed by atoms with Gasteiger partial charge in [-0.2, -0.15) is 4.90 Å². The number of aromatic nitrogens is 2. The van der Waals surface area contributed by atoms with Gasteiger partial charge in [0, 0.05) is 7.05 Å². The zero-order valence-corrected chi connectivity index (χ0v) is 10.0. The minimum Gasteiger partial charge on any atom is -0.351 e. The predicted molar refractivity (Wildman–Crippen MR) is 68.6 cm³/mol. The van der Waals surface area contributed by atoms with Crippen LogP contribution in [0.4, 0.5) is 15.4 Å². The maximum Gasteiger partial charge on any atom is 0.329 e. The first-order valence-corrected chi connectivity index (χ1v) is 5.28. The fourth-order valence-electron chi connectivity index (χ4n) is 1.73. The van der Waals surface area contributed by atoms with E-state index in [1.54, 1.807) is 24.3 Å². The number of para-hydroxylation sites is 2. The van der Waals surface area contributed by atoms with Gasteiger partial charge in [0.25, 0.3) is 5.56 Å². The lowest BCUT2D eigenvalue weighted by Crippen LogP contribution is -2.47. The standard InChI is InChI=1S/C11H11N5O3/c1-15-7-5-3-2-4-6(7)14-8(9(15)17)16(10(12)18)11(13)19/h2-5H,1H3,(H2,12,18)(H2,13,19). The van der Waals surface area contributed by atoms with Gasteiger partial charge >= 0.3 is 12.1 Å². The minimum atomic E-state index is -1.16. The SMILES string of the molecule is Cn1c(=O)c(N(C(N)=O)C(N)=O)nc2ccccc21. The van der Waals surface area contributed by atoms with Crippen molar-refractivity contribution in [1.82, 2.24) is 9.55 Å². The molecule has 0 saturated carbocycles. The van der Waals surface area contributed by atoms with Crippen molar-refractivity contribution in [3.8, 4) is 0 Å². The fraction of sp³-hybridized carbons (Fsp3) is 0.0909. The highest BCUT2D eigenvalue weighted by Gasteiger charge is 2.24. The second-order valence-corrected chi connectivity index (χ2v) is 3.80. The van der Waals surface area contributed by atoms with E-state index < -0.39 is 23.4 Å². The first-order chi connectivity index (χ1) is 8.93. The van der Waals surface area contributed by atoms with Crippen molar-refractivity contribution < 1.29 is 9.59 Å². The van der Waals surface area contributed by atoms with Crippen LogP contribution in [0.15, 0.2) is 29.1 Å². The first-order valence-electron chi connectivity index (χ1n) is 5.28. The number of rotatable bonds is 1. The molecule has 0 spiro atoms. The number of aryl methyl sites for hydroxylation is 1. The largest absolute Gasteiger partial charge is 0.351 e. The van der Waals surface area contributed by atoms with Crippen LogP contribution in [0.5, 0.6) is 0 Å². The third-order valence-electron chi connectivity index (χ3n) is 2.62. The molecule has 19 heavy (non-hydrogen) atoms. The van der Waals surface area contributed by atoms with Gasteiger partial charge < -0.3 is 16.0 Å². The average molecular weight is 261 g/mol. The molecule has 8 heteroatoms. The maximum atomic E-state index is 12.1. The Hall–Kier alpha value is -2.90. The van der Waals surface area contributed by atoms with Crippen LogP contribution in [0.2, 0.25) is 0 Å². The second-order valence-electron chi connectivity index (χ2n) is 3.80. The third kappa shape index (κ3) is 1.99. The van der Waals surface area contributed by atoms with Gasteiger partial charge in [-0.05, 0) is 12.1 Å². The van der Waals surface area contributed by atoms with Crippen molar-refractivity contribution in [3.63, 3.8) is 0 Å². The Morgan fingerprint density at radius 3 is 2.37 bits per heavy atom. The molecule has 0 radical (unpaired) electrons. The summed E-state index contributed by atoms with van der Waals surface area (Å²) in [6.45, 7) is 0. The zero-order chi connectivity index (χ0) is 14.2. The molecule has 2 rings (SSSR count). The monoisotopic (exact) mass is 261 g/mol. The van der Waals surface area contributed by atoms with Gasteiger partial charge in [-0.15, -0.1) is 0 Å². The molecule has 1 heterocycles. The second kappa shape index (κ2) is 4.41.